The fraction of sp³-hybridized carbons (Fsp3) is 0.314. The van der Waals surface area contributed by atoms with Crippen LogP contribution in [0.3, 0.4) is 0 Å². The standard InChI is InChI=1S/C35H32O16/c36-14-7-21(42)26-24(8-14)50-35(13-2-4-17(38)20(41)6-13)33(49-34-30(46)29(45)23(44)11-47-34)28(26)27-25(51-35)10-18(39)15-9-22(43)31(48-32(15)27)12-1-3-16(37)19(40)5-12/h1-8,10,22-23,28-31,33-34,36-46H,9,11H2/t22-,23-,28-,29-,30+,31+,33?,34-,35+/m0/s1. The highest BCUT2D eigenvalue weighted by molar-refractivity contribution is 5.68. The molecule has 16 heteroatoms. The number of benzene rings is 4. The minimum atomic E-state index is -2.23. The lowest BCUT2D eigenvalue weighted by Gasteiger charge is -2.53. The van der Waals surface area contributed by atoms with E-state index in [1.54, 1.807) is 0 Å². The van der Waals surface area contributed by atoms with Crippen LogP contribution >= 0.6 is 0 Å². The molecule has 4 aliphatic rings. The van der Waals surface area contributed by atoms with Crippen molar-refractivity contribution in [2.24, 2.45) is 0 Å². The van der Waals surface area contributed by atoms with Gasteiger partial charge in [-0.05, 0) is 35.9 Å². The van der Waals surface area contributed by atoms with Crippen LogP contribution in [0.15, 0.2) is 54.6 Å². The third-order valence-electron chi connectivity index (χ3n) is 9.74. The Morgan fingerprint density at radius 1 is 0.647 bits per heavy atom. The van der Waals surface area contributed by atoms with E-state index in [2.05, 4.69) is 0 Å². The average molecular weight is 709 g/mol. The van der Waals surface area contributed by atoms with Crippen molar-refractivity contribution in [2.45, 2.75) is 61.0 Å². The molecule has 4 aliphatic heterocycles. The van der Waals surface area contributed by atoms with E-state index in [1.807, 2.05) is 0 Å². The molecule has 0 spiro atoms. The molecule has 11 N–H and O–H groups in total. The lowest BCUT2D eigenvalue weighted by molar-refractivity contribution is -0.327. The Hall–Kier alpha value is -5.36. The van der Waals surface area contributed by atoms with Crippen LogP contribution in [0.4, 0.5) is 0 Å². The van der Waals surface area contributed by atoms with Crippen LogP contribution in [0.1, 0.15) is 39.8 Å². The zero-order valence-corrected chi connectivity index (χ0v) is 26.2. The molecular formula is C35H32O16. The highest BCUT2D eigenvalue weighted by Gasteiger charge is 2.62. The van der Waals surface area contributed by atoms with Gasteiger partial charge in [-0.1, -0.05) is 6.07 Å². The van der Waals surface area contributed by atoms with Crippen molar-refractivity contribution in [2.75, 3.05) is 6.61 Å². The summed E-state index contributed by atoms with van der Waals surface area (Å²) >= 11 is 0. The van der Waals surface area contributed by atoms with E-state index in [1.165, 1.54) is 36.4 Å². The summed E-state index contributed by atoms with van der Waals surface area (Å²) in [7, 11) is 0. The van der Waals surface area contributed by atoms with Gasteiger partial charge in [0.15, 0.2) is 35.4 Å². The Bertz CT molecular complexity index is 2050. The summed E-state index contributed by atoms with van der Waals surface area (Å²) in [4.78, 5) is 0. The fourth-order valence-corrected chi connectivity index (χ4v) is 7.28. The molecule has 51 heavy (non-hydrogen) atoms. The molecule has 0 radical (unpaired) electrons. The number of phenols is 7. The van der Waals surface area contributed by atoms with Gasteiger partial charge in [0.2, 0.25) is 0 Å². The largest absolute Gasteiger partial charge is 0.508 e. The zero-order valence-electron chi connectivity index (χ0n) is 26.2. The summed E-state index contributed by atoms with van der Waals surface area (Å²) in [6.07, 6.45) is -10.8. The molecule has 0 saturated carbocycles. The fourth-order valence-electron chi connectivity index (χ4n) is 7.28. The first-order valence-electron chi connectivity index (χ1n) is 15.8. The Balaban J connectivity index is 1.38. The van der Waals surface area contributed by atoms with Gasteiger partial charge in [-0.25, -0.2) is 0 Å². The van der Waals surface area contributed by atoms with Gasteiger partial charge in [0.1, 0.15) is 58.9 Å². The second-order valence-corrected chi connectivity index (χ2v) is 12.9. The summed E-state index contributed by atoms with van der Waals surface area (Å²) < 4.78 is 31.4. The molecule has 8 rings (SSSR count). The minimum Gasteiger partial charge on any atom is -0.508 e. The van der Waals surface area contributed by atoms with Crippen molar-refractivity contribution in [3.63, 3.8) is 0 Å². The first-order chi connectivity index (χ1) is 24.3. The lowest BCUT2D eigenvalue weighted by Crippen LogP contribution is -2.62. The molecule has 0 amide bonds. The number of aliphatic hydroxyl groups excluding tert-OH is 4. The van der Waals surface area contributed by atoms with Crippen LogP contribution < -0.4 is 14.2 Å². The number of hydrogen-bond donors (Lipinski definition) is 11. The third-order valence-corrected chi connectivity index (χ3v) is 9.74. The van der Waals surface area contributed by atoms with E-state index in [4.69, 9.17) is 23.7 Å². The number of rotatable bonds is 4. The van der Waals surface area contributed by atoms with Crippen molar-refractivity contribution < 1.29 is 79.9 Å². The average Bonchev–Trinajstić information content (AvgIpc) is 3.07. The molecule has 9 atom stereocenters. The van der Waals surface area contributed by atoms with Gasteiger partial charge in [0.25, 0.3) is 0 Å². The van der Waals surface area contributed by atoms with Gasteiger partial charge < -0.3 is 79.9 Å². The van der Waals surface area contributed by atoms with Crippen molar-refractivity contribution >= 4 is 0 Å². The summed E-state index contributed by atoms with van der Waals surface area (Å²) in [6.45, 7) is -0.452. The molecule has 0 aromatic heterocycles. The molecule has 4 aromatic rings. The van der Waals surface area contributed by atoms with Crippen LogP contribution in [-0.2, 0) is 21.7 Å². The van der Waals surface area contributed by atoms with E-state index >= 15 is 0 Å². The number of phenolic OH excluding ortho intramolecular Hbond substituents is 7. The van der Waals surface area contributed by atoms with Gasteiger partial charge in [-0.3, -0.25) is 0 Å². The summed E-state index contributed by atoms with van der Waals surface area (Å²) in [5.41, 5.74) is 0.515. The molecular weight excluding hydrogens is 676 g/mol. The first kappa shape index (κ1) is 32.8. The molecule has 0 aliphatic carbocycles. The predicted molar refractivity (Wildman–Crippen MR) is 168 cm³/mol. The van der Waals surface area contributed by atoms with Crippen LogP contribution in [0.5, 0.6) is 57.5 Å². The number of hydrogen-bond acceptors (Lipinski definition) is 16. The van der Waals surface area contributed by atoms with E-state index < -0.39 is 95.7 Å². The zero-order chi connectivity index (χ0) is 36.1. The SMILES string of the molecule is Oc1cc(O)c2c(c1)O[C@]1(c3ccc(O)c(O)c3)Oc3cc(O)c4c(c3[C@H]2C1O[C@@H]1OC[C@H](O)[C@H](O)[C@H]1O)O[C@H](c1ccc(O)c(O)c1)[C@@H](O)C4. The molecule has 4 heterocycles. The number of aliphatic hydroxyl groups is 4. The predicted octanol–water partition coefficient (Wildman–Crippen LogP) is 1.26. The quantitative estimate of drug-likeness (QED) is 0.133. The van der Waals surface area contributed by atoms with E-state index in [9.17, 15) is 56.2 Å². The van der Waals surface area contributed by atoms with Crippen LogP contribution in [0.2, 0.25) is 0 Å². The Kier molecular flexibility index (Phi) is 7.46. The van der Waals surface area contributed by atoms with Crippen molar-refractivity contribution in [3.05, 3.63) is 82.4 Å². The van der Waals surface area contributed by atoms with E-state index in [0.29, 0.717) is 0 Å². The first-order valence-corrected chi connectivity index (χ1v) is 15.8. The van der Waals surface area contributed by atoms with Crippen molar-refractivity contribution in [3.8, 4) is 57.5 Å². The molecule has 16 nitrogen and oxygen atoms in total. The minimum absolute atomic E-state index is 0.00353. The smallest absolute Gasteiger partial charge is 0.305 e. The molecule has 2 bridgehead atoms. The normalized spacial score (nSPS) is 30.5. The highest BCUT2D eigenvalue weighted by atomic mass is 16.8. The molecule has 1 unspecified atom stereocenters. The molecule has 1 saturated heterocycles. The van der Waals surface area contributed by atoms with Crippen LogP contribution in [0, 0.1) is 0 Å². The van der Waals surface area contributed by atoms with E-state index in [0.717, 1.165) is 18.2 Å². The topological polar surface area (TPSA) is 269 Å². The number of aromatic hydroxyl groups is 7. The monoisotopic (exact) mass is 708 g/mol. The number of fused-ring (bicyclic) bond motifs is 8. The van der Waals surface area contributed by atoms with E-state index in [-0.39, 0.29) is 57.2 Å². The number of ether oxygens (including phenoxy) is 5. The maximum Gasteiger partial charge on any atom is 0.305 e. The van der Waals surface area contributed by atoms with Gasteiger partial charge in [0.05, 0.1) is 18.6 Å². The highest BCUT2D eigenvalue weighted by Crippen LogP contribution is 2.63. The van der Waals surface area contributed by atoms with Crippen molar-refractivity contribution in [1.82, 2.24) is 0 Å². The van der Waals surface area contributed by atoms with Gasteiger partial charge in [-0.15, -0.1) is 0 Å². The van der Waals surface area contributed by atoms with Crippen LogP contribution in [-0.4, -0.2) is 99.6 Å². The van der Waals surface area contributed by atoms with Crippen molar-refractivity contribution in [1.29, 1.82) is 0 Å². The lowest BCUT2D eigenvalue weighted by atomic mass is 9.74. The van der Waals surface area contributed by atoms with Gasteiger partial charge >= 0.3 is 5.79 Å². The van der Waals surface area contributed by atoms with Crippen LogP contribution in [0.25, 0.3) is 0 Å². The molecule has 268 valence electrons. The summed E-state index contributed by atoms with van der Waals surface area (Å²) in [5.74, 6) is -7.00. The summed E-state index contributed by atoms with van der Waals surface area (Å²) in [6, 6.07) is 10.9. The second kappa shape index (κ2) is 11.6. The molecule has 4 aromatic carbocycles. The Morgan fingerprint density at radius 2 is 1.33 bits per heavy atom. The Labute approximate surface area is 287 Å². The maximum atomic E-state index is 11.4. The second-order valence-electron chi connectivity index (χ2n) is 12.9. The van der Waals surface area contributed by atoms with Gasteiger partial charge in [0, 0.05) is 46.9 Å². The summed E-state index contributed by atoms with van der Waals surface area (Å²) in [5, 5.41) is 117. The third kappa shape index (κ3) is 4.98. The van der Waals surface area contributed by atoms with Gasteiger partial charge in [-0.2, -0.15) is 0 Å². The molecule has 1 fully saturated rings. The Morgan fingerprint density at radius 3 is 2.04 bits per heavy atom. The maximum absolute atomic E-state index is 11.4.